The van der Waals surface area contributed by atoms with Crippen molar-refractivity contribution < 1.29 is 23.5 Å². The summed E-state index contributed by atoms with van der Waals surface area (Å²) in [4.78, 5) is 23.1. The number of hydrogen-bond acceptors (Lipinski definition) is 3. The van der Waals surface area contributed by atoms with Crippen molar-refractivity contribution in [1.29, 1.82) is 0 Å². The second-order valence-corrected chi connectivity index (χ2v) is 5.86. The number of carbonyl (C=O) groups excluding carboxylic acids is 1. The minimum absolute atomic E-state index is 0.0343. The summed E-state index contributed by atoms with van der Waals surface area (Å²) in [6, 6.07) is 8.90. The summed E-state index contributed by atoms with van der Waals surface area (Å²) in [5.74, 6) is -2.29. The molecule has 6 heteroatoms. The molecule has 2 aromatic rings. The Labute approximate surface area is 132 Å². The maximum atomic E-state index is 13.3. The van der Waals surface area contributed by atoms with Crippen LogP contribution in [0, 0.1) is 5.82 Å². The van der Waals surface area contributed by atoms with Gasteiger partial charge in [0.25, 0.3) is 5.91 Å². The summed E-state index contributed by atoms with van der Waals surface area (Å²) >= 11 is 0. The van der Waals surface area contributed by atoms with Crippen molar-refractivity contribution in [1.82, 2.24) is 5.32 Å². The first-order chi connectivity index (χ1) is 11.0. The SMILES string of the molecule is O=C(O)c1ccc(C(=O)NC2(Cc3cccc(F)c3)CCC2)o1. The van der Waals surface area contributed by atoms with Gasteiger partial charge in [-0.25, -0.2) is 9.18 Å². The van der Waals surface area contributed by atoms with Gasteiger partial charge >= 0.3 is 5.97 Å². The van der Waals surface area contributed by atoms with E-state index in [0.717, 1.165) is 24.8 Å². The van der Waals surface area contributed by atoms with Gasteiger partial charge in [-0.2, -0.15) is 0 Å². The zero-order valence-corrected chi connectivity index (χ0v) is 12.3. The summed E-state index contributed by atoms with van der Waals surface area (Å²) in [5.41, 5.74) is 0.386. The van der Waals surface area contributed by atoms with E-state index in [-0.39, 0.29) is 17.3 Å². The van der Waals surface area contributed by atoms with Crippen molar-refractivity contribution in [3.8, 4) is 0 Å². The predicted molar refractivity (Wildman–Crippen MR) is 79.8 cm³/mol. The van der Waals surface area contributed by atoms with Crippen LogP contribution in [-0.4, -0.2) is 22.5 Å². The molecule has 120 valence electrons. The van der Waals surface area contributed by atoms with Gasteiger partial charge in [0.2, 0.25) is 5.76 Å². The van der Waals surface area contributed by atoms with Crippen LogP contribution in [0.25, 0.3) is 0 Å². The normalized spacial score (nSPS) is 15.7. The molecule has 0 atom stereocenters. The molecule has 5 nitrogen and oxygen atoms in total. The van der Waals surface area contributed by atoms with E-state index >= 15 is 0 Å². The molecule has 23 heavy (non-hydrogen) atoms. The Kier molecular flexibility index (Phi) is 3.90. The Morgan fingerprint density at radius 1 is 1.22 bits per heavy atom. The van der Waals surface area contributed by atoms with E-state index in [1.807, 2.05) is 6.07 Å². The number of nitrogens with one attached hydrogen (secondary N) is 1. The fourth-order valence-corrected chi connectivity index (χ4v) is 2.86. The highest BCUT2D eigenvalue weighted by molar-refractivity contribution is 5.94. The summed E-state index contributed by atoms with van der Waals surface area (Å²) in [6.45, 7) is 0. The van der Waals surface area contributed by atoms with Crippen molar-refractivity contribution in [3.05, 3.63) is 59.3 Å². The number of rotatable bonds is 5. The maximum Gasteiger partial charge on any atom is 0.371 e. The summed E-state index contributed by atoms with van der Waals surface area (Å²) < 4.78 is 18.3. The molecule has 3 rings (SSSR count). The summed E-state index contributed by atoms with van der Waals surface area (Å²) in [6.07, 6.45) is 3.10. The van der Waals surface area contributed by atoms with Crippen LogP contribution in [0.1, 0.15) is 45.9 Å². The maximum absolute atomic E-state index is 13.3. The molecule has 1 aliphatic carbocycles. The summed E-state index contributed by atoms with van der Waals surface area (Å²) in [7, 11) is 0. The van der Waals surface area contributed by atoms with E-state index in [9.17, 15) is 14.0 Å². The largest absolute Gasteiger partial charge is 0.475 e. The minimum Gasteiger partial charge on any atom is -0.475 e. The Morgan fingerprint density at radius 2 is 1.96 bits per heavy atom. The lowest BCUT2D eigenvalue weighted by Crippen LogP contribution is -2.55. The molecule has 0 spiro atoms. The quantitative estimate of drug-likeness (QED) is 0.888. The summed E-state index contributed by atoms with van der Waals surface area (Å²) in [5, 5.41) is 11.7. The third-order valence-corrected chi connectivity index (χ3v) is 4.16. The third-order valence-electron chi connectivity index (χ3n) is 4.16. The second-order valence-electron chi connectivity index (χ2n) is 5.86. The van der Waals surface area contributed by atoms with E-state index in [4.69, 9.17) is 9.52 Å². The van der Waals surface area contributed by atoms with Crippen LogP contribution in [0.4, 0.5) is 4.39 Å². The Bertz CT molecular complexity index is 749. The van der Waals surface area contributed by atoms with Gasteiger partial charge in [0.05, 0.1) is 0 Å². The fourth-order valence-electron chi connectivity index (χ4n) is 2.86. The van der Waals surface area contributed by atoms with Gasteiger partial charge < -0.3 is 14.8 Å². The molecule has 1 heterocycles. The number of benzene rings is 1. The van der Waals surface area contributed by atoms with Crippen molar-refractivity contribution >= 4 is 11.9 Å². The smallest absolute Gasteiger partial charge is 0.371 e. The van der Waals surface area contributed by atoms with Crippen molar-refractivity contribution in [2.45, 2.75) is 31.2 Å². The Balaban J connectivity index is 1.73. The minimum atomic E-state index is -1.22. The van der Waals surface area contributed by atoms with Gasteiger partial charge in [0.1, 0.15) is 5.82 Å². The molecule has 1 aromatic carbocycles. The number of halogens is 1. The lowest BCUT2D eigenvalue weighted by Gasteiger charge is -2.42. The standard InChI is InChI=1S/C17H16FNO4/c18-12-4-1-3-11(9-12)10-17(7-2-8-17)19-15(20)13-5-6-14(23-13)16(21)22/h1,3-6,9H,2,7-8,10H2,(H,19,20)(H,21,22). The van der Waals surface area contributed by atoms with E-state index in [0.29, 0.717) is 6.42 Å². The Hall–Kier alpha value is -2.63. The zero-order chi connectivity index (χ0) is 16.4. The average Bonchev–Trinajstić information content (AvgIpc) is 2.95. The highest BCUT2D eigenvalue weighted by Crippen LogP contribution is 2.35. The average molecular weight is 317 g/mol. The molecule has 1 aromatic heterocycles. The van der Waals surface area contributed by atoms with Crippen LogP contribution in [0.5, 0.6) is 0 Å². The number of furan rings is 1. The van der Waals surface area contributed by atoms with Crippen LogP contribution in [-0.2, 0) is 6.42 Å². The predicted octanol–water partition coefficient (Wildman–Crippen LogP) is 3.01. The first-order valence-corrected chi connectivity index (χ1v) is 7.38. The molecule has 0 radical (unpaired) electrons. The van der Waals surface area contributed by atoms with Crippen molar-refractivity contribution in [3.63, 3.8) is 0 Å². The van der Waals surface area contributed by atoms with Gasteiger partial charge in [-0.3, -0.25) is 4.79 Å². The zero-order valence-electron chi connectivity index (χ0n) is 12.3. The molecular formula is C17H16FNO4. The first-order valence-electron chi connectivity index (χ1n) is 7.38. The number of carboxylic acid groups (broad SMARTS) is 1. The molecule has 2 N–H and O–H groups in total. The molecule has 1 saturated carbocycles. The molecule has 1 aliphatic rings. The number of carboxylic acids is 1. The number of amides is 1. The van der Waals surface area contributed by atoms with Gasteiger partial charge in [0.15, 0.2) is 5.76 Å². The van der Waals surface area contributed by atoms with Crippen LogP contribution < -0.4 is 5.32 Å². The monoisotopic (exact) mass is 317 g/mol. The molecular weight excluding hydrogens is 301 g/mol. The molecule has 1 amide bonds. The molecule has 0 saturated heterocycles. The first kappa shape index (κ1) is 15.3. The molecule has 0 aliphatic heterocycles. The third kappa shape index (κ3) is 3.26. The van der Waals surface area contributed by atoms with E-state index in [1.165, 1.54) is 24.3 Å². The van der Waals surface area contributed by atoms with Crippen LogP contribution in [0.2, 0.25) is 0 Å². The van der Waals surface area contributed by atoms with E-state index < -0.39 is 17.4 Å². The lowest BCUT2D eigenvalue weighted by molar-refractivity contribution is 0.0657. The van der Waals surface area contributed by atoms with Gasteiger partial charge in [-0.05, 0) is 55.5 Å². The Morgan fingerprint density at radius 3 is 2.52 bits per heavy atom. The lowest BCUT2D eigenvalue weighted by atomic mass is 9.72. The highest BCUT2D eigenvalue weighted by Gasteiger charge is 2.39. The molecule has 0 unspecified atom stereocenters. The topological polar surface area (TPSA) is 79.5 Å². The van der Waals surface area contributed by atoms with Crippen LogP contribution >= 0.6 is 0 Å². The fraction of sp³-hybridized carbons (Fsp3) is 0.294. The van der Waals surface area contributed by atoms with Gasteiger partial charge in [0, 0.05) is 5.54 Å². The van der Waals surface area contributed by atoms with Gasteiger partial charge in [-0.1, -0.05) is 12.1 Å². The number of aromatic carboxylic acids is 1. The van der Waals surface area contributed by atoms with Gasteiger partial charge in [-0.15, -0.1) is 0 Å². The van der Waals surface area contributed by atoms with Crippen molar-refractivity contribution in [2.24, 2.45) is 0 Å². The van der Waals surface area contributed by atoms with E-state index in [1.54, 1.807) is 6.07 Å². The van der Waals surface area contributed by atoms with Crippen LogP contribution in [0.3, 0.4) is 0 Å². The van der Waals surface area contributed by atoms with Crippen molar-refractivity contribution in [2.75, 3.05) is 0 Å². The van der Waals surface area contributed by atoms with E-state index in [2.05, 4.69) is 5.32 Å². The second kappa shape index (κ2) is 5.87. The van der Waals surface area contributed by atoms with Crippen LogP contribution in [0.15, 0.2) is 40.8 Å². The number of hydrogen-bond donors (Lipinski definition) is 2. The molecule has 1 fully saturated rings. The number of carbonyl (C=O) groups is 2. The molecule has 0 bridgehead atoms. The highest BCUT2D eigenvalue weighted by atomic mass is 19.1.